The molecule has 0 radical (unpaired) electrons. The van der Waals surface area contributed by atoms with Crippen molar-refractivity contribution in [3.8, 4) is 0 Å². The molecular weight excluding hydrogens is 399 g/mol. The molecule has 0 atom stereocenters. The number of halogens is 1. The van der Waals surface area contributed by atoms with E-state index in [2.05, 4.69) is 14.8 Å². The third-order valence-corrected chi connectivity index (χ3v) is 6.24. The standard InChI is InChI=1S/C20H21FN2O5S/c1-28-20(25)14-9-10-17(21)18(12-14)22-19(24)13-5-4-8-16(11-13)29(26,27)23-15-6-2-3-7-15/h4-5,8-12,15,23H,2-3,6-7H2,1H3,(H,22,24). The molecule has 2 N–H and O–H groups in total. The fourth-order valence-corrected chi connectivity index (χ4v) is 4.55. The highest BCUT2D eigenvalue weighted by atomic mass is 32.2. The Morgan fingerprint density at radius 1 is 1.07 bits per heavy atom. The zero-order chi connectivity index (χ0) is 21.0. The van der Waals surface area contributed by atoms with E-state index in [1.54, 1.807) is 0 Å². The molecule has 3 rings (SSSR count). The minimum absolute atomic E-state index is 0.0409. The van der Waals surface area contributed by atoms with Gasteiger partial charge in [-0.2, -0.15) is 0 Å². The second-order valence-corrected chi connectivity index (χ2v) is 8.48. The molecule has 2 aromatic carbocycles. The first-order valence-electron chi connectivity index (χ1n) is 9.12. The predicted octanol–water partition coefficient (Wildman–Crippen LogP) is 3.09. The van der Waals surface area contributed by atoms with E-state index >= 15 is 0 Å². The number of carbonyl (C=O) groups excluding carboxylic acids is 2. The summed E-state index contributed by atoms with van der Waals surface area (Å²) in [5.74, 6) is -2.12. The molecule has 7 nitrogen and oxygen atoms in total. The van der Waals surface area contributed by atoms with E-state index < -0.39 is 27.7 Å². The van der Waals surface area contributed by atoms with Crippen molar-refractivity contribution in [2.24, 2.45) is 0 Å². The summed E-state index contributed by atoms with van der Waals surface area (Å²) in [7, 11) is -2.58. The Bertz CT molecular complexity index is 1030. The summed E-state index contributed by atoms with van der Waals surface area (Å²) in [4.78, 5) is 24.1. The number of anilines is 1. The second-order valence-electron chi connectivity index (χ2n) is 6.77. The van der Waals surface area contributed by atoms with E-state index in [4.69, 9.17) is 0 Å². The van der Waals surface area contributed by atoms with Crippen molar-refractivity contribution in [1.82, 2.24) is 4.72 Å². The Kier molecular flexibility index (Phi) is 6.29. The summed E-state index contributed by atoms with van der Waals surface area (Å²) >= 11 is 0. The van der Waals surface area contributed by atoms with Gasteiger partial charge in [-0.3, -0.25) is 4.79 Å². The molecule has 1 fully saturated rings. The molecule has 29 heavy (non-hydrogen) atoms. The third-order valence-electron chi connectivity index (χ3n) is 4.72. The van der Waals surface area contributed by atoms with E-state index in [0.717, 1.165) is 37.8 Å². The maximum absolute atomic E-state index is 14.0. The molecule has 1 amide bonds. The molecule has 0 unspecified atom stereocenters. The molecule has 9 heteroatoms. The van der Waals surface area contributed by atoms with Gasteiger partial charge in [0.05, 0.1) is 23.3 Å². The zero-order valence-electron chi connectivity index (χ0n) is 15.8. The second kappa shape index (κ2) is 8.71. The van der Waals surface area contributed by atoms with E-state index in [9.17, 15) is 22.4 Å². The lowest BCUT2D eigenvalue weighted by atomic mass is 10.1. The van der Waals surface area contributed by atoms with Crippen molar-refractivity contribution in [3.63, 3.8) is 0 Å². The number of amides is 1. The van der Waals surface area contributed by atoms with E-state index in [1.165, 1.54) is 37.4 Å². The van der Waals surface area contributed by atoms with Crippen molar-refractivity contribution >= 4 is 27.6 Å². The smallest absolute Gasteiger partial charge is 0.337 e. The van der Waals surface area contributed by atoms with Crippen LogP contribution in [-0.2, 0) is 14.8 Å². The topological polar surface area (TPSA) is 102 Å². The van der Waals surface area contributed by atoms with Crippen molar-refractivity contribution in [1.29, 1.82) is 0 Å². The molecule has 0 bridgehead atoms. The molecule has 0 spiro atoms. The van der Waals surface area contributed by atoms with Gasteiger partial charge in [0.2, 0.25) is 10.0 Å². The molecule has 1 aliphatic rings. The summed E-state index contributed by atoms with van der Waals surface area (Å²) < 4.78 is 46.4. The van der Waals surface area contributed by atoms with Crippen molar-refractivity contribution < 1.29 is 27.1 Å². The SMILES string of the molecule is COC(=O)c1ccc(F)c(NC(=O)c2cccc(S(=O)(=O)NC3CCCC3)c2)c1. The molecule has 0 aliphatic heterocycles. The minimum atomic E-state index is -3.77. The van der Waals surface area contributed by atoms with Gasteiger partial charge in [0.15, 0.2) is 0 Å². The molecule has 0 heterocycles. The van der Waals surface area contributed by atoms with Gasteiger partial charge >= 0.3 is 5.97 Å². The average Bonchev–Trinajstić information content (AvgIpc) is 3.21. The van der Waals surface area contributed by atoms with Crippen LogP contribution in [-0.4, -0.2) is 33.4 Å². The number of nitrogens with one attached hydrogen (secondary N) is 2. The third kappa shape index (κ3) is 4.99. The molecular formula is C20H21FN2O5S. The fourth-order valence-electron chi connectivity index (χ4n) is 3.20. The van der Waals surface area contributed by atoms with Gasteiger partial charge < -0.3 is 10.1 Å². The summed E-state index contributed by atoms with van der Waals surface area (Å²) in [6.45, 7) is 0. The number of rotatable bonds is 6. The lowest BCUT2D eigenvalue weighted by Crippen LogP contribution is -2.32. The first-order chi connectivity index (χ1) is 13.8. The Hall–Kier alpha value is -2.78. The molecule has 154 valence electrons. The molecule has 1 saturated carbocycles. The van der Waals surface area contributed by atoms with E-state index in [1.807, 2.05) is 0 Å². The van der Waals surface area contributed by atoms with E-state index in [0.29, 0.717) is 0 Å². The maximum atomic E-state index is 14.0. The number of methoxy groups -OCH3 is 1. The van der Waals surface area contributed by atoms with Gasteiger partial charge in [0.25, 0.3) is 5.91 Å². The Labute approximate surface area is 168 Å². The number of carbonyl (C=O) groups is 2. The number of sulfonamides is 1. The summed E-state index contributed by atoms with van der Waals surface area (Å²) in [6, 6.07) is 8.81. The van der Waals surface area contributed by atoms with Crippen LogP contribution in [0.15, 0.2) is 47.4 Å². The average molecular weight is 420 g/mol. The number of esters is 1. The van der Waals surface area contributed by atoms with Crippen LogP contribution in [0.2, 0.25) is 0 Å². The Morgan fingerprint density at radius 3 is 2.48 bits per heavy atom. The first kappa shape index (κ1) is 20.9. The molecule has 2 aromatic rings. The van der Waals surface area contributed by atoms with Crippen LogP contribution in [0.5, 0.6) is 0 Å². The van der Waals surface area contributed by atoms with Gasteiger partial charge in [0.1, 0.15) is 5.82 Å². The highest BCUT2D eigenvalue weighted by molar-refractivity contribution is 7.89. The van der Waals surface area contributed by atoms with Crippen molar-refractivity contribution in [3.05, 3.63) is 59.4 Å². The van der Waals surface area contributed by atoms with Crippen LogP contribution in [0.1, 0.15) is 46.4 Å². The lowest BCUT2D eigenvalue weighted by molar-refractivity contribution is 0.0600. The first-order valence-corrected chi connectivity index (χ1v) is 10.6. The van der Waals surface area contributed by atoms with Gasteiger partial charge in [0, 0.05) is 11.6 Å². The Morgan fingerprint density at radius 2 is 1.79 bits per heavy atom. The summed E-state index contributed by atoms with van der Waals surface area (Å²) in [5, 5.41) is 2.36. The predicted molar refractivity (Wildman–Crippen MR) is 105 cm³/mol. The lowest BCUT2D eigenvalue weighted by Gasteiger charge is -2.13. The largest absolute Gasteiger partial charge is 0.465 e. The van der Waals surface area contributed by atoms with Gasteiger partial charge in [-0.15, -0.1) is 0 Å². The Balaban J connectivity index is 1.80. The van der Waals surface area contributed by atoms with Gasteiger partial charge in [-0.25, -0.2) is 22.3 Å². The number of ether oxygens (including phenoxy) is 1. The number of hydrogen-bond acceptors (Lipinski definition) is 5. The quantitative estimate of drug-likeness (QED) is 0.700. The van der Waals surface area contributed by atoms with Gasteiger partial charge in [-0.1, -0.05) is 18.9 Å². The number of hydrogen-bond donors (Lipinski definition) is 2. The van der Waals surface area contributed by atoms with Crippen LogP contribution in [0.25, 0.3) is 0 Å². The van der Waals surface area contributed by atoms with E-state index in [-0.39, 0.29) is 27.8 Å². The van der Waals surface area contributed by atoms with Crippen molar-refractivity contribution in [2.75, 3.05) is 12.4 Å². The maximum Gasteiger partial charge on any atom is 0.337 e. The summed E-state index contributed by atoms with van der Waals surface area (Å²) in [6.07, 6.45) is 3.53. The van der Waals surface area contributed by atoms with Crippen molar-refractivity contribution in [2.45, 2.75) is 36.6 Å². The monoisotopic (exact) mass is 420 g/mol. The van der Waals surface area contributed by atoms with Crippen LogP contribution in [0.4, 0.5) is 10.1 Å². The van der Waals surface area contributed by atoms with Gasteiger partial charge in [-0.05, 0) is 49.2 Å². The molecule has 0 aromatic heterocycles. The minimum Gasteiger partial charge on any atom is -0.465 e. The summed E-state index contributed by atoms with van der Waals surface area (Å²) in [5.41, 5.74) is -0.0984. The van der Waals surface area contributed by atoms with Crippen LogP contribution in [0.3, 0.4) is 0 Å². The molecule has 1 aliphatic carbocycles. The van der Waals surface area contributed by atoms with Crippen LogP contribution < -0.4 is 10.0 Å². The molecule has 0 saturated heterocycles. The van der Waals surface area contributed by atoms with Crippen LogP contribution in [0, 0.1) is 5.82 Å². The zero-order valence-corrected chi connectivity index (χ0v) is 16.6. The normalized spacial score (nSPS) is 14.6. The number of benzene rings is 2. The fraction of sp³-hybridized carbons (Fsp3) is 0.300. The van der Waals surface area contributed by atoms with Crippen LogP contribution >= 0.6 is 0 Å². The highest BCUT2D eigenvalue weighted by Gasteiger charge is 2.23. The highest BCUT2D eigenvalue weighted by Crippen LogP contribution is 2.22.